The number of amides is 2. The summed E-state index contributed by atoms with van der Waals surface area (Å²) in [4.78, 5) is 28.1. The highest BCUT2D eigenvalue weighted by Crippen LogP contribution is 2.27. The summed E-state index contributed by atoms with van der Waals surface area (Å²) in [5, 5.41) is 3.17. The van der Waals surface area contributed by atoms with E-state index in [0.717, 1.165) is 22.5 Å². The Morgan fingerprint density at radius 1 is 1.00 bits per heavy atom. The molecule has 0 aliphatic heterocycles. The van der Waals surface area contributed by atoms with E-state index >= 15 is 0 Å². The molecule has 0 saturated heterocycles. The number of nitrogens with one attached hydrogen (secondary N) is 1. The Kier molecular flexibility index (Phi) is 10.4. The molecule has 0 aromatic heterocycles. The van der Waals surface area contributed by atoms with Crippen LogP contribution in [0.15, 0.2) is 54.6 Å². The van der Waals surface area contributed by atoms with Crippen LogP contribution >= 0.6 is 11.6 Å². The average molecular weight is 508 g/mol. The van der Waals surface area contributed by atoms with Gasteiger partial charge < -0.3 is 10.2 Å². The van der Waals surface area contributed by atoms with Gasteiger partial charge in [0.2, 0.25) is 21.8 Å². The molecule has 0 bridgehead atoms. The van der Waals surface area contributed by atoms with E-state index in [2.05, 4.69) is 5.32 Å². The highest BCUT2D eigenvalue weighted by Gasteiger charge is 2.32. The second-order valence-corrected chi connectivity index (χ2v) is 10.6. The van der Waals surface area contributed by atoms with Crippen LogP contribution in [0.2, 0.25) is 5.02 Å². The number of rotatable bonds is 12. The Morgan fingerprint density at radius 3 is 2.18 bits per heavy atom. The van der Waals surface area contributed by atoms with Crippen molar-refractivity contribution in [2.24, 2.45) is 0 Å². The number of benzene rings is 2. The molecule has 7 nitrogen and oxygen atoms in total. The summed E-state index contributed by atoms with van der Waals surface area (Å²) in [5.41, 5.74) is 1.24. The van der Waals surface area contributed by atoms with Crippen LogP contribution in [0, 0.1) is 0 Å². The maximum Gasteiger partial charge on any atom is 0.244 e. The summed E-state index contributed by atoms with van der Waals surface area (Å²) >= 11 is 6.25. The summed E-state index contributed by atoms with van der Waals surface area (Å²) in [5.74, 6) is -0.714. The molecule has 2 aromatic carbocycles. The van der Waals surface area contributed by atoms with Gasteiger partial charge in [-0.15, -0.1) is 0 Å². The summed E-state index contributed by atoms with van der Waals surface area (Å²) < 4.78 is 26.2. The van der Waals surface area contributed by atoms with Crippen LogP contribution in [-0.4, -0.2) is 56.6 Å². The SMILES string of the molecule is CC[C@H](C(=O)N[C@@H](C)CC)N(CCc1ccccc1)C(=O)CN(c1ccccc1Cl)S(C)(=O)=O. The lowest BCUT2D eigenvalue weighted by molar-refractivity contribution is -0.139. The fourth-order valence-electron chi connectivity index (χ4n) is 3.59. The predicted octanol–water partition coefficient (Wildman–Crippen LogP) is 3.87. The third kappa shape index (κ3) is 7.74. The van der Waals surface area contributed by atoms with Gasteiger partial charge in [0.05, 0.1) is 17.0 Å². The molecular formula is C25H34ClN3O4S. The number of para-hydroxylation sites is 1. The third-order valence-corrected chi connectivity index (χ3v) is 7.12. The van der Waals surface area contributed by atoms with Gasteiger partial charge in [0, 0.05) is 12.6 Å². The van der Waals surface area contributed by atoms with Gasteiger partial charge in [-0.25, -0.2) is 8.42 Å². The molecule has 9 heteroatoms. The number of nitrogens with zero attached hydrogens (tertiary/aromatic N) is 2. The lowest BCUT2D eigenvalue weighted by Gasteiger charge is -2.33. The number of anilines is 1. The first-order valence-electron chi connectivity index (χ1n) is 11.4. The molecule has 2 atom stereocenters. The molecule has 0 fully saturated rings. The quantitative estimate of drug-likeness (QED) is 0.472. The molecule has 0 unspecified atom stereocenters. The Morgan fingerprint density at radius 2 is 1.62 bits per heavy atom. The molecule has 0 aliphatic carbocycles. The predicted molar refractivity (Wildman–Crippen MR) is 137 cm³/mol. The molecule has 34 heavy (non-hydrogen) atoms. The van der Waals surface area contributed by atoms with Crippen LogP contribution in [0.3, 0.4) is 0 Å². The highest BCUT2D eigenvalue weighted by atomic mass is 35.5. The topological polar surface area (TPSA) is 86.8 Å². The van der Waals surface area contributed by atoms with Crippen LogP contribution in [0.1, 0.15) is 39.2 Å². The third-order valence-electron chi connectivity index (χ3n) is 5.67. The summed E-state index contributed by atoms with van der Waals surface area (Å²) in [6.45, 7) is 5.53. The lowest BCUT2D eigenvalue weighted by atomic mass is 10.1. The minimum Gasteiger partial charge on any atom is -0.352 e. The lowest BCUT2D eigenvalue weighted by Crippen LogP contribution is -2.54. The molecular weight excluding hydrogens is 474 g/mol. The maximum atomic E-state index is 13.6. The van der Waals surface area contributed by atoms with Crippen LogP contribution in [-0.2, 0) is 26.0 Å². The summed E-state index contributed by atoms with van der Waals surface area (Å²) in [6, 6.07) is 15.4. The van der Waals surface area contributed by atoms with E-state index in [-0.39, 0.29) is 29.2 Å². The molecule has 186 valence electrons. The number of hydrogen-bond donors (Lipinski definition) is 1. The van der Waals surface area contributed by atoms with Crippen molar-refractivity contribution in [1.82, 2.24) is 10.2 Å². The van der Waals surface area contributed by atoms with Crippen molar-refractivity contribution in [2.75, 3.05) is 23.7 Å². The van der Waals surface area contributed by atoms with Crippen molar-refractivity contribution >= 4 is 39.1 Å². The number of carbonyl (C=O) groups excluding carboxylic acids is 2. The van der Waals surface area contributed by atoms with Gasteiger partial charge in [-0.3, -0.25) is 13.9 Å². The maximum absolute atomic E-state index is 13.6. The monoisotopic (exact) mass is 507 g/mol. The molecule has 0 spiro atoms. The van der Waals surface area contributed by atoms with Crippen molar-refractivity contribution in [3.63, 3.8) is 0 Å². The number of hydrogen-bond acceptors (Lipinski definition) is 4. The zero-order valence-electron chi connectivity index (χ0n) is 20.2. The first-order chi connectivity index (χ1) is 16.1. The van der Waals surface area contributed by atoms with E-state index in [1.165, 1.54) is 4.90 Å². The second kappa shape index (κ2) is 12.8. The van der Waals surface area contributed by atoms with Crippen LogP contribution in [0.25, 0.3) is 0 Å². The number of halogens is 1. The Labute approximate surface area is 208 Å². The number of carbonyl (C=O) groups is 2. The van der Waals surface area contributed by atoms with Crippen LogP contribution in [0.4, 0.5) is 5.69 Å². The van der Waals surface area contributed by atoms with E-state index in [1.54, 1.807) is 24.3 Å². The minimum atomic E-state index is -3.81. The molecule has 2 amide bonds. The van der Waals surface area contributed by atoms with E-state index in [1.807, 2.05) is 51.1 Å². The average Bonchev–Trinajstić information content (AvgIpc) is 2.80. The van der Waals surface area contributed by atoms with Gasteiger partial charge in [-0.1, -0.05) is 67.9 Å². The molecule has 0 heterocycles. The van der Waals surface area contributed by atoms with Crippen LogP contribution < -0.4 is 9.62 Å². The molecule has 0 radical (unpaired) electrons. The van der Waals surface area contributed by atoms with Gasteiger partial charge in [0.1, 0.15) is 12.6 Å². The largest absolute Gasteiger partial charge is 0.352 e. The van der Waals surface area contributed by atoms with Gasteiger partial charge in [-0.05, 0) is 43.9 Å². The molecule has 2 rings (SSSR count). The zero-order valence-corrected chi connectivity index (χ0v) is 21.8. The normalized spacial score (nSPS) is 13.1. The smallest absolute Gasteiger partial charge is 0.244 e. The molecule has 0 saturated carbocycles. The van der Waals surface area contributed by atoms with Gasteiger partial charge in [0.25, 0.3) is 0 Å². The van der Waals surface area contributed by atoms with Crippen LogP contribution in [0.5, 0.6) is 0 Å². The molecule has 2 aromatic rings. The molecule has 0 aliphatic rings. The van der Waals surface area contributed by atoms with Crippen molar-refractivity contribution in [2.45, 2.75) is 52.1 Å². The van der Waals surface area contributed by atoms with Crippen molar-refractivity contribution in [3.8, 4) is 0 Å². The zero-order chi connectivity index (χ0) is 25.3. The van der Waals surface area contributed by atoms with Gasteiger partial charge in [-0.2, -0.15) is 0 Å². The highest BCUT2D eigenvalue weighted by molar-refractivity contribution is 7.92. The van der Waals surface area contributed by atoms with E-state index in [9.17, 15) is 18.0 Å². The number of sulfonamides is 1. The Balaban J connectivity index is 2.37. The fourth-order valence-corrected chi connectivity index (χ4v) is 4.74. The first-order valence-corrected chi connectivity index (χ1v) is 13.7. The first kappa shape index (κ1) is 27.7. The van der Waals surface area contributed by atoms with Crippen molar-refractivity contribution in [3.05, 3.63) is 65.2 Å². The Hall–Kier alpha value is -2.58. The Bertz CT molecular complexity index is 1060. The second-order valence-electron chi connectivity index (χ2n) is 8.29. The molecule has 1 N–H and O–H groups in total. The summed E-state index contributed by atoms with van der Waals surface area (Å²) in [6.07, 6.45) is 2.72. The van der Waals surface area contributed by atoms with E-state index in [4.69, 9.17) is 11.6 Å². The van der Waals surface area contributed by atoms with Gasteiger partial charge in [0.15, 0.2) is 0 Å². The summed E-state index contributed by atoms with van der Waals surface area (Å²) in [7, 11) is -3.81. The minimum absolute atomic E-state index is 0.0386. The van der Waals surface area contributed by atoms with Crippen molar-refractivity contribution in [1.29, 1.82) is 0 Å². The van der Waals surface area contributed by atoms with E-state index < -0.39 is 28.5 Å². The van der Waals surface area contributed by atoms with Crippen molar-refractivity contribution < 1.29 is 18.0 Å². The van der Waals surface area contributed by atoms with Gasteiger partial charge >= 0.3 is 0 Å². The van der Waals surface area contributed by atoms with E-state index in [0.29, 0.717) is 12.8 Å². The standard InChI is InChI=1S/C25H34ClN3O4S/c1-5-19(3)27-25(31)22(6-2)28(17-16-20-12-8-7-9-13-20)24(30)18-29(34(4,32)33)23-15-11-10-14-21(23)26/h7-15,19,22H,5-6,16-18H2,1-4H3,(H,27,31)/t19-,22+/m0/s1. The fraction of sp³-hybridized carbons (Fsp3) is 0.440.